The van der Waals surface area contributed by atoms with Gasteiger partial charge in [0.25, 0.3) is 0 Å². The first-order chi connectivity index (χ1) is 20.0. The molecule has 10 nitrogen and oxygen atoms in total. The fourth-order valence-electron chi connectivity index (χ4n) is 5.44. The number of aromatic amines is 1. The second-order valence-electron chi connectivity index (χ2n) is 11.2. The second-order valence-corrected chi connectivity index (χ2v) is 11.2. The third-order valence-electron chi connectivity index (χ3n) is 8.25. The van der Waals surface area contributed by atoms with Crippen molar-refractivity contribution in [3.63, 3.8) is 0 Å². The smallest absolute Gasteiger partial charge is 0.363 e. The van der Waals surface area contributed by atoms with Crippen LogP contribution in [0, 0.1) is 5.41 Å². The Morgan fingerprint density at radius 1 is 1.05 bits per heavy atom. The number of anilines is 3. The zero-order valence-corrected chi connectivity index (χ0v) is 23.6. The number of amides is 1. The maximum atomic E-state index is 13.4. The summed E-state index contributed by atoms with van der Waals surface area (Å²) in [5.41, 5.74) is 2.22. The minimum Gasteiger partial charge on any atom is -0.363 e. The molecule has 220 valence electrons. The number of halogens is 3. The molecule has 1 saturated carbocycles. The van der Waals surface area contributed by atoms with Crippen LogP contribution in [-0.4, -0.2) is 87.1 Å². The molecule has 2 fully saturated rings. The molecule has 1 saturated heterocycles. The molecule has 2 N–H and O–H groups in total. The van der Waals surface area contributed by atoms with Gasteiger partial charge < -0.3 is 20.1 Å². The van der Waals surface area contributed by atoms with E-state index in [4.69, 9.17) is 0 Å². The summed E-state index contributed by atoms with van der Waals surface area (Å²) in [6.07, 6.45) is -1.43. The molecular formula is C29H32F3N9O. The lowest BCUT2D eigenvalue weighted by molar-refractivity contribution is -0.199. The van der Waals surface area contributed by atoms with Crippen molar-refractivity contribution in [2.75, 3.05) is 50.5 Å². The molecule has 1 unspecified atom stereocenters. The topological polar surface area (TPSA) is 106 Å². The summed E-state index contributed by atoms with van der Waals surface area (Å²) in [6, 6.07) is 11.7. The monoisotopic (exact) mass is 579 g/mol. The van der Waals surface area contributed by atoms with Crippen LogP contribution in [0.5, 0.6) is 0 Å². The molecule has 1 amide bonds. The number of pyridine rings is 1. The number of hydrogen-bond donors (Lipinski definition) is 2. The van der Waals surface area contributed by atoms with Crippen LogP contribution < -0.4 is 10.2 Å². The summed E-state index contributed by atoms with van der Waals surface area (Å²) in [5.74, 6) is 1.20. The molecule has 4 aromatic rings. The molecule has 3 aromatic heterocycles. The maximum Gasteiger partial charge on any atom is 0.403 e. The molecule has 2 aliphatic rings. The van der Waals surface area contributed by atoms with Crippen molar-refractivity contribution in [3.05, 3.63) is 54.5 Å². The Hall–Kier alpha value is -4.26. The molecule has 1 aromatic carbocycles. The molecule has 0 spiro atoms. The number of carbonyl (C=O) groups excluding carboxylic acids is 1. The molecule has 1 aliphatic heterocycles. The summed E-state index contributed by atoms with van der Waals surface area (Å²) in [4.78, 5) is 39.2. The van der Waals surface area contributed by atoms with E-state index in [9.17, 15) is 18.0 Å². The van der Waals surface area contributed by atoms with Crippen LogP contribution in [0.4, 0.5) is 30.8 Å². The van der Waals surface area contributed by atoms with Gasteiger partial charge in [0.1, 0.15) is 23.4 Å². The number of benzene rings is 1. The van der Waals surface area contributed by atoms with Gasteiger partial charge in [-0.25, -0.2) is 19.9 Å². The minimum absolute atomic E-state index is 0.0125. The Balaban J connectivity index is 1.11. The van der Waals surface area contributed by atoms with Gasteiger partial charge in [-0.2, -0.15) is 13.2 Å². The number of nitrogens with zero attached hydrogens (tertiary/aromatic N) is 7. The van der Waals surface area contributed by atoms with E-state index in [1.54, 1.807) is 12.5 Å². The first-order valence-corrected chi connectivity index (χ1v) is 13.9. The van der Waals surface area contributed by atoms with E-state index in [0.29, 0.717) is 24.9 Å². The summed E-state index contributed by atoms with van der Waals surface area (Å²) in [6.45, 7) is 3.61. The summed E-state index contributed by atoms with van der Waals surface area (Å²) in [7, 11) is 3.86. The van der Waals surface area contributed by atoms with E-state index in [1.807, 2.05) is 62.3 Å². The quantitative estimate of drug-likeness (QED) is 0.323. The molecule has 6 rings (SSSR count). The van der Waals surface area contributed by atoms with Gasteiger partial charge in [-0.3, -0.25) is 9.69 Å². The predicted octanol–water partition coefficient (Wildman–Crippen LogP) is 4.77. The highest BCUT2D eigenvalue weighted by molar-refractivity contribution is 5.86. The molecule has 0 radical (unpaired) electrons. The van der Waals surface area contributed by atoms with Gasteiger partial charge in [0.15, 0.2) is 0 Å². The van der Waals surface area contributed by atoms with E-state index in [0.717, 1.165) is 33.7 Å². The average Bonchev–Trinajstić information content (AvgIpc) is 3.72. The van der Waals surface area contributed by atoms with Crippen LogP contribution in [0.15, 0.2) is 48.9 Å². The third kappa shape index (κ3) is 5.24. The van der Waals surface area contributed by atoms with Crippen molar-refractivity contribution in [1.82, 2.24) is 34.7 Å². The SMILES string of the molecule is CC(c1ccnc(Nc2nc3ccc(-c4cc(N(C)C)ncn4)cc3[nH]2)c1)N1CCN(C(=O)C2(C(F)(F)F)CC2)CC1. The van der Waals surface area contributed by atoms with Crippen LogP contribution in [-0.2, 0) is 4.79 Å². The van der Waals surface area contributed by atoms with Crippen molar-refractivity contribution < 1.29 is 18.0 Å². The van der Waals surface area contributed by atoms with Gasteiger partial charge >= 0.3 is 6.18 Å². The Labute approximate surface area is 241 Å². The predicted molar refractivity (Wildman–Crippen MR) is 153 cm³/mol. The number of nitrogens with one attached hydrogen (secondary N) is 2. The van der Waals surface area contributed by atoms with E-state index in [-0.39, 0.29) is 32.0 Å². The Bertz CT molecular complexity index is 1610. The van der Waals surface area contributed by atoms with Gasteiger partial charge in [-0.05, 0) is 49.6 Å². The third-order valence-corrected chi connectivity index (χ3v) is 8.25. The minimum atomic E-state index is -4.48. The first kappa shape index (κ1) is 27.9. The highest BCUT2D eigenvalue weighted by atomic mass is 19.4. The molecule has 13 heteroatoms. The van der Waals surface area contributed by atoms with Gasteiger partial charge in [0.2, 0.25) is 11.9 Å². The Kier molecular flexibility index (Phi) is 7.00. The van der Waals surface area contributed by atoms with Crippen LogP contribution in [0.1, 0.15) is 31.4 Å². The molecule has 1 aliphatic carbocycles. The van der Waals surface area contributed by atoms with Gasteiger partial charge in [0, 0.05) is 64.1 Å². The summed E-state index contributed by atoms with van der Waals surface area (Å²) < 4.78 is 40.3. The van der Waals surface area contributed by atoms with E-state index in [1.165, 1.54) is 4.90 Å². The van der Waals surface area contributed by atoms with Gasteiger partial charge in [0.05, 0.1) is 16.7 Å². The van der Waals surface area contributed by atoms with E-state index in [2.05, 4.69) is 35.1 Å². The Morgan fingerprint density at radius 2 is 1.81 bits per heavy atom. The summed E-state index contributed by atoms with van der Waals surface area (Å²) in [5, 5.41) is 3.25. The van der Waals surface area contributed by atoms with Gasteiger partial charge in [-0.15, -0.1) is 0 Å². The number of imidazole rings is 1. The van der Waals surface area contributed by atoms with Crippen LogP contribution in [0.2, 0.25) is 0 Å². The lowest BCUT2D eigenvalue weighted by atomic mass is 10.0. The van der Waals surface area contributed by atoms with Crippen LogP contribution in [0.25, 0.3) is 22.3 Å². The number of hydrogen-bond acceptors (Lipinski definition) is 8. The van der Waals surface area contributed by atoms with Crippen molar-refractivity contribution in [2.45, 2.75) is 32.0 Å². The fourth-order valence-corrected chi connectivity index (χ4v) is 5.44. The molecule has 0 bridgehead atoms. The van der Waals surface area contributed by atoms with Gasteiger partial charge in [-0.1, -0.05) is 6.07 Å². The standard InChI is InChI=1S/C29H32F3N9O/c1-18(40-10-12-41(13-11-40)26(42)28(7-8-28)29(30,31)32)19-6-9-33-24(15-19)38-27-36-21-5-4-20(14-23(21)37-27)22-16-25(39(2)3)35-17-34-22/h4-6,9,14-18H,7-8,10-13H2,1-3H3,(H2,33,36,37,38). The zero-order chi connectivity index (χ0) is 29.6. The molecular weight excluding hydrogens is 547 g/mol. The van der Waals surface area contributed by atoms with E-state index >= 15 is 0 Å². The lowest BCUT2D eigenvalue weighted by Crippen LogP contribution is -2.53. The zero-order valence-electron chi connectivity index (χ0n) is 23.6. The highest BCUT2D eigenvalue weighted by Crippen LogP contribution is 2.58. The lowest BCUT2D eigenvalue weighted by Gasteiger charge is -2.39. The molecule has 4 heterocycles. The number of rotatable bonds is 7. The maximum absolute atomic E-state index is 13.4. The summed E-state index contributed by atoms with van der Waals surface area (Å²) >= 11 is 0. The normalized spacial score (nSPS) is 17.7. The number of aromatic nitrogens is 5. The largest absolute Gasteiger partial charge is 0.403 e. The van der Waals surface area contributed by atoms with Crippen molar-refractivity contribution >= 4 is 34.5 Å². The van der Waals surface area contributed by atoms with Crippen molar-refractivity contribution in [2.24, 2.45) is 5.41 Å². The number of H-pyrrole nitrogens is 1. The number of alkyl halides is 3. The van der Waals surface area contributed by atoms with E-state index < -0.39 is 17.5 Å². The van der Waals surface area contributed by atoms with Crippen LogP contribution in [0.3, 0.4) is 0 Å². The Morgan fingerprint density at radius 3 is 2.50 bits per heavy atom. The number of fused-ring (bicyclic) bond motifs is 1. The van der Waals surface area contributed by atoms with Crippen molar-refractivity contribution in [3.8, 4) is 11.3 Å². The average molecular weight is 580 g/mol. The first-order valence-electron chi connectivity index (χ1n) is 13.9. The number of carbonyl (C=O) groups is 1. The van der Waals surface area contributed by atoms with Crippen LogP contribution >= 0.6 is 0 Å². The number of piperazine rings is 1. The fraction of sp³-hybridized carbons (Fsp3) is 0.414. The molecule has 1 atom stereocenters. The van der Waals surface area contributed by atoms with Crippen molar-refractivity contribution in [1.29, 1.82) is 0 Å². The highest BCUT2D eigenvalue weighted by Gasteiger charge is 2.69. The molecule has 42 heavy (non-hydrogen) atoms. The second kappa shape index (κ2) is 10.5.